The van der Waals surface area contributed by atoms with E-state index in [4.69, 9.17) is 5.73 Å². The molecule has 0 aromatic rings. The molecule has 1 aliphatic heterocycles. The van der Waals surface area contributed by atoms with Crippen LogP contribution in [0.4, 0.5) is 0 Å². The summed E-state index contributed by atoms with van der Waals surface area (Å²) in [6.45, 7) is 7.37. The predicted octanol–water partition coefficient (Wildman–Crippen LogP) is 3.01. The topological polar surface area (TPSA) is 49.6 Å². The van der Waals surface area contributed by atoms with Crippen molar-refractivity contribution in [1.82, 2.24) is 9.80 Å². The zero-order valence-electron chi connectivity index (χ0n) is 15.6. The molecule has 2 atom stereocenters. The first-order valence-electron chi connectivity index (χ1n) is 10.4. The van der Waals surface area contributed by atoms with Crippen LogP contribution in [0.1, 0.15) is 71.1 Å². The molecule has 4 heteroatoms. The van der Waals surface area contributed by atoms with E-state index in [1.807, 2.05) is 0 Å². The number of hydrogen-bond acceptors (Lipinski definition) is 3. The number of nitrogens with two attached hydrogens (primary N) is 1. The molecule has 0 spiro atoms. The lowest BCUT2D eigenvalue weighted by molar-refractivity contribution is -0.138. The van der Waals surface area contributed by atoms with Crippen molar-refractivity contribution >= 4 is 5.91 Å². The minimum absolute atomic E-state index is 0.0381. The zero-order chi connectivity index (χ0) is 17.0. The second kappa shape index (κ2) is 8.18. The van der Waals surface area contributed by atoms with E-state index in [1.54, 1.807) is 0 Å². The quantitative estimate of drug-likeness (QED) is 0.862. The fraction of sp³-hybridized carbons (Fsp3) is 0.950. The van der Waals surface area contributed by atoms with E-state index in [9.17, 15) is 4.79 Å². The monoisotopic (exact) mass is 335 g/mol. The van der Waals surface area contributed by atoms with Gasteiger partial charge in [0.25, 0.3) is 0 Å². The lowest BCUT2D eigenvalue weighted by atomic mass is 9.74. The van der Waals surface area contributed by atoms with Crippen LogP contribution in [0.15, 0.2) is 0 Å². The molecule has 3 fully saturated rings. The van der Waals surface area contributed by atoms with E-state index >= 15 is 0 Å². The van der Waals surface area contributed by atoms with Gasteiger partial charge >= 0.3 is 0 Å². The molecule has 2 N–H and O–H groups in total. The highest BCUT2D eigenvalue weighted by molar-refractivity contribution is 5.80. The smallest absolute Gasteiger partial charge is 0.227 e. The summed E-state index contributed by atoms with van der Waals surface area (Å²) in [4.78, 5) is 17.8. The molecule has 1 heterocycles. The van der Waals surface area contributed by atoms with Crippen LogP contribution < -0.4 is 5.73 Å². The highest BCUT2D eigenvalue weighted by Gasteiger charge is 2.40. The maximum absolute atomic E-state index is 13.0. The Balaban J connectivity index is 1.51. The summed E-state index contributed by atoms with van der Waals surface area (Å²) in [5.74, 6) is 1.27. The number of hydrogen-bond donors (Lipinski definition) is 1. The van der Waals surface area contributed by atoms with Crippen molar-refractivity contribution in [3.63, 3.8) is 0 Å². The van der Waals surface area contributed by atoms with Crippen LogP contribution in [0.2, 0.25) is 0 Å². The van der Waals surface area contributed by atoms with Crippen molar-refractivity contribution in [3.8, 4) is 0 Å². The largest absolute Gasteiger partial charge is 0.341 e. The molecule has 0 bridgehead atoms. The van der Waals surface area contributed by atoms with E-state index in [0.717, 1.165) is 57.8 Å². The summed E-state index contributed by atoms with van der Waals surface area (Å²) >= 11 is 0. The van der Waals surface area contributed by atoms with Gasteiger partial charge in [-0.1, -0.05) is 32.1 Å². The van der Waals surface area contributed by atoms with Gasteiger partial charge in [-0.25, -0.2) is 0 Å². The minimum atomic E-state index is -0.302. The Kier molecular flexibility index (Phi) is 6.20. The summed E-state index contributed by atoms with van der Waals surface area (Å²) in [5.41, 5.74) is 6.16. The Morgan fingerprint density at radius 3 is 2.46 bits per heavy atom. The number of nitrogens with zero attached hydrogens (tertiary/aromatic N) is 2. The maximum Gasteiger partial charge on any atom is 0.227 e. The van der Waals surface area contributed by atoms with E-state index in [1.165, 1.54) is 45.1 Å². The lowest BCUT2D eigenvalue weighted by Crippen LogP contribution is -2.54. The van der Waals surface area contributed by atoms with E-state index in [0.29, 0.717) is 5.91 Å². The summed E-state index contributed by atoms with van der Waals surface area (Å²) in [6.07, 6.45) is 12.5. The average Bonchev–Trinajstić information content (AvgIpc) is 2.80. The first kappa shape index (κ1) is 18.2. The molecule has 2 unspecified atom stereocenters. The standard InChI is InChI=1S/C20H37N3O/c1-20(21)11-6-5-10-18(20)19(24)23-13-7-12-22(14-15-23)16-17-8-3-2-4-9-17/h17-18H,2-16,21H2,1H3. The third kappa shape index (κ3) is 4.51. The van der Waals surface area contributed by atoms with Crippen molar-refractivity contribution in [2.24, 2.45) is 17.6 Å². The van der Waals surface area contributed by atoms with E-state index in [2.05, 4.69) is 16.7 Å². The van der Waals surface area contributed by atoms with Gasteiger partial charge in [0.2, 0.25) is 5.91 Å². The maximum atomic E-state index is 13.0. The third-order valence-electron chi connectivity index (χ3n) is 6.69. The summed E-state index contributed by atoms with van der Waals surface area (Å²) in [6, 6.07) is 0. The van der Waals surface area contributed by atoms with E-state index < -0.39 is 0 Å². The Morgan fingerprint density at radius 2 is 1.71 bits per heavy atom. The molecular weight excluding hydrogens is 298 g/mol. The van der Waals surface area contributed by atoms with Crippen molar-refractivity contribution in [3.05, 3.63) is 0 Å². The Morgan fingerprint density at radius 1 is 0.958 bits per heavy atom. The summed E-state index contributed by atoms with van der Waals surface area (Å²) < 4.78 is 0. The number of carbonyl (C=O) groups excluding carboxylic acids is 1. The van der Waals surface area contributed by atoms with Crippen LogP contribution in [0.5, 0.6) is 0 Å². The normalized spacial score (nSPS) is 34.1. The molecule has 24 heavy (non-hydrogen) atoms. The number of carbonyl (C=O) groups is 1. The minimum Gasteiger partial charge on any atom is -0.341 e. The second-order valence-electron chi connectivity index (χ2n) is 8.79. The summed E-state index contributed by atoms with van der Waals surface area (Å²) in [5, 5.41) is 0. The molecule has 0 aromatic heterocycles. The van der Waals surface area contributed by atoms with Crippen LogP contribution in [0.25, 0.3) is 0 Å². The molecule has 3 rings (SSSR count). The number of amides is 1. The van der Waals surface area contributed by atoms with Crippen LogP contribution >= 0.6 is 0 Å². The predicted molar refractivity (Wildman–Crippen MR) is 98.8 cm³/mol. The van der Waals surface area contributed by atoms with Gasteiger partial charge in [0, 0.05) is 31.7 Å². The Bertz CT molecular complexity index is 417. The van der Waals surface area contributed by atoms with Gasteiger partial charge in [0.05, 0.1) is 5.92 Å². The molecule has 138 valence electrons. The first-order valence-corrected chi connectivity index (χ1v) is 10.4. The average molecular weight is 336 g/mol. The molecule has 4 nitrogen and oxygen atoms in total. The van der Waals surface area contributed by atoms with Crippen LogP contribution in [-0.4, -0.2) is 54.0 Å². The zero-order valence-corrected chi connectivity index (χ0v) is 15.6. The van der Waals surface area contributed by atoms with Gasteiger partial charge in [-0.2, -0.15) is 0 Å². The molecule has 2 saturated carbocycles. The fourth-order valence-electron chi connectivity index (χ4n) is 5.09. The van der Waals surface area contributed by atoms with Crippen molar-refractivity contribution in [2.45, 2.75) is 76.7 Å². The fourth-order valence-corrected chi connectivity index (χ4v) is 5.09. The highest BCUT2D eigenvalue weighted by atomic mass is 16.2. The first-order chi connectivity index (χ1) is 11.6. The van der Waals surface area contributed by atoms with Crippen LogP contribution in [0, 0.1) is 11.8 Å². The molecule has 3 aliphatic rings. The Labute approximate surface area is 148 Å². The second-order valence-corrected chi connectivity index (χ2v) is 8.79. The highest BCUT2D eigenvalue weighted by Crippen LogP contribution is 2.33. The van der Waals surface area contributed by atoms with Gasteiger partial charge in [0.1, 0.15) is 0 Å². The molecular formula is C20H37N3O. The van der Waals surface area contributed by atoms with Crippen LogP contribution in [0.3, 0.4) is 0 Å². The third-order valence-corrected chi connectivity index (χ3v) is 6.69. The molecule has 1 saturated heterocycles. The van der Waals surface area contributed by atoms with Crippen molar-refractivity contribution < 1.29 is 4.79 Å². The van der Waals surface area contributed by atoms with Gasteiger partial charge in [-0.3, -0.25) is 4.79 Å². The van der Waals surface area contributed by atoms with Gasteiger partial charge in [-0.05, 0) is 51.5 Å². The molecule has 0 aromatic carbocycles. The summed E-state index contributed by atoms with van der Waals surface area (Å²) in [7, 11) is 0. The number of rotatable bonds is 3. The lowest BCUT2D eigenvalue weighted by Gasteiger charge is -2.39. The van der Waals surface area contributed by atoms with Gasteiger partial charge in [0.15, 0.2) is 0 Å². The Hall–Kier alpha value is -0.610. The molecule has 1 amide bonds. The van der Waals surface area contributed by atoms with Gasteiger partial charge in [-0.15, -0.1) is 0 Å². The molecule has 0 radical (unpaired) electrons. The van der Waals surface area contributed by atoms with Crippen LogP contribution in [-0.2, 0) is 4.79 Å². The SMILES string of the molecule is CC1(N)CCCCC1C(=O)N1CCCN(CC2CCCCC2)CC1. The van der Waals surface area contributed by atoms with Gasteiger partial charge < -0.3 is 15.5 Å². The van der Waals surface area contributed by atoms with Crippen molar-refractivity contribution in [1.29, 1.82) is 0 Å². The molecule has 2 aliphatic carbocycles. The van der Waals surface area contributed by atoms with Crippen molar-refractivity contribution in [2.75, 3.05) is 32.7 Å². The van der Waals surface area contributed by atoms with E-state index in [-0.39, 0.29) is 11.5 Å².